The van der Waals surface area contributed by atoms with Crippen molar-refractivity contribution in [2.75, 3.05) is 30.9 Å². The van der Waals surface area contributed by atoms with Gasteiger partial charge < -0.3 is 9.64 Å². The lowest BCUT2D eigenvalue weighted by Gasteiger charge is -2.40. The lowest BCUT2D eigenvalue weighted by molar-refractivity contribution is -0.00216. The van der Waals surface area contributed by atoms with Crippen molar-refractivity contribution in [3.05, 3.63) is 59.3 Å². The molecule has 180 valence electrons. The number of nitrogens with zero attached hydrogens (tertiary/aromatic N) is 2. The van der Waals surface area contributed by atoms with Crippen LogP contribution >= 0.6 is 0 Å². The monoisotopic (exact) mass is 471 g/mol. The second kappa shape index (κ2) is 10.5. The lowest BCUT2D eigenvalue weighted by atomic mass is 9.80. The SMILES string of the molecule is Cc1cccc(C2CCC(OCC3CN(c4ccccn4)CCC3NS(C)(=O)=O)CC2)c1C. The summed E-state index contributed by atoms with van der Waals surface area (Å²) in [5, 5.41) is 0. The third kappa shape index (κ3) is 6.34. The molecule has 0 amide bonds. The van der Waals surface area contributed by atoms with Gasteiger partial charge in [-0.15, -0.1) is 0 Å². The van der Waals surface area contributed by atoms with Gasteiger partial charge in [0.25, 0.3) is 0 Å². The van der Waals surface area contributed by atoms with Gasteiger partial charge in [0, 0.05) is 31.2 Å². The van der Waals surface area contributed by atoms with Crippen LogP contribution in [-0.4, -0.2) is 51.5 Å². The van der Waals surface area contributed by atoms with Crippen LogP contribution in [-0.2, 0) is 14.8 Å². The standard InChI is InChI=1S/C26H37N3O3S/c1-19-7-6-8-24(20(19)2)21-10-12-23(13-11-21)32-18-22-17-29(26-9-4-5-15-27-26)16-14-25(22)28-33(3,30)31/h4-9,15,21-23,25,28H,10-14,16-18H2,1-3H3. The highest BCUT2D eigenvalue weighted by Gasteiger charge is 2.33. The van der Waals surface area contributed by atoms with Crippen molar-refractivity contribution in [3.8, 4) is 0 Å². The number of piperidine rings is 1. The molecule has 2 fully saturated rings. The van der Waals surface area contributed by atoms with Crippen molar-refractivity contribution in [3.63, 3.8) is 0 Å². The van der Waals surface area contributed by atoms with E-state index in [4.69, 9.17) is 4.74 Å². The molecule has 2 aliphatic rings. The smallest absolute Gasteiger partial charge is 0.208 e. The van der Waals surface area contributed by atoms with E-state index < -0.39 is 10.0 Å². The number of ether oxygens (including phenoxy) is 1. The number of hydrogen-bond donors (Lipinski definition) is 1. The molecule has 6 nitrogen and oxygen atoms in total. The molecule has 33 heavy (non-hydrogen) atoms. The zero-order chi connectivity index (χ0) is 23.4. The Hall–Kier alpha value is -1.96. The highest BCUT2D eigenvalue weighted by molar-refractivity contribution is 7.88. The second-order valence-electron chi connectivity index (χ2n) is 9.78. The molecule has 1 saturated carbocycles. The van der Waals surface area contributed by atoms with Crippen LogP contribution in [0, 0.1) is 19.8 Å². The van der Waals surface area contributed by atoms with E-state index in [2.05, 4.69) is 46.7 Å². The molecular formula is C26H37N3O3S. The molecule has 1 aromatic carbocycles. The van der Waals surface area contributed by atoms with Crippen LogP contribution in [0.5, 0.6) is 0 Å². The molecule has 2 heterocycles. The summed E-state index contributed by atoms with van der Waals surface area (Å²) in [6, 6.07) is 12.4. The van der Waals surface area contributed by atoms with E-state index in [0.29, 0.717) is 12.5 Å². The first-order chi connectivity index (χ1) is 15.8. The molecule has 1 saturated heterocycles. The van der Waals surface area contributed by atoms with Crippen molar-refractivity contribution in [2.45, 2.75) is 64.0 Å². The third-order valence-electron chi connectivity index (χ3n) is 7.38. The fourth-order valence-electron chi connectivity index (χ4n) is 5.40. The van der Waals surface area contributed by atoms with E-state index in [1.807, 2.05) is 18.2 Å². The molecule has 2 atom stereocenters. The van der Waals surface area contributed by atoms with Gasteiger partial charge in [-0.1, -0.05) is 24.3 Å². The van der Waals surface area contributed by atoms with Crippen LogP contribution in [0.1, 0.15) is 54.7 Å². The molecule has 4 rings (SSSR count). The van der Waals surface area contributed by atoms with E-state index in [9.17, 15) is 8.42 Å². The molecule has 1 aliphatic heterocycles. The number of pyridine rings is 1. The summed E-state index contributed by atoms with van der Waals surface area (Å²) >= 11 is 0. The van der Waals surface area contributed by atoms with Gasteiger partial charge in [-0.05, 0) is 80.7 Å². The second-order valence-corrected chi connectivity index (χ2v) is 11.6. The van der Waals surface area contributed by atoms with E-state index in [-0.39, 0.29) is 18.1 Å². The lowest BCUT2D eigenvalue weighted by Crippen LogP contribution is -2.52. The summed E-state index contributed by atoms with van der Waals surface area (Å²) in [6.45, 7) is 6.50. The predicted molar refractivity (Wildman–Crippen MR) is 133 cm³/mol. The summed E-state index contributed by atoms with van der Waals surface area (Å²) in [5.41, 5.74) is 4.28. The Balaban J connectivity index is 1.35. The first kappa shape index (κ1) is 24.2. The van der Waals surface area contributed by atoms with Gasteiger partial charge in [0.2, 0.25) is 10.0 Å². The number of anilines is 1. The minimum Gasteiger partial charge on any atom is -0.378 e. The maximum Gasteiger partial charge on any atom is 0.208 e. The Kier molecular flexibility index (Phi) is 7.72. The third-order valence-corrected chi connectivity index (χ3v) is 8.11. The van der Waals surface area contributed by atoms with Gasteiger partial charge in [-0.2, -0.15) is 0 Å². The van der Waals surface area contributed by atoms with Crippen LogP contribution in [0.4, 0.5) is 5.82 Å². The molecular weight excluding hydrogens is 434 g/mol. The maximum atomic E-state index is 11.9. The van der Waals surface area contributed by atoms with E-state index in [0.717, 1.165) is 51.0 Å². The largest absolute Gasteiger partial charge is 0.378 e. The number of hydrogen-bond acceptors (Lipinski definition) is 5. The van der Waals surface area contributed by atoms with Gasteiger partial charge in [-0.25, -0.2) is 18.1 Å². The fourth-order valence-corrected chi connectivity index (χ4v) is 6.26. The van der Waals surface area contributed by atoms with Crippen molar-refractivity contribution >= 4 is 15.8 Å². The number of rotatable bonds is 7. The van der Waals surface area contributed by atoms with Crippen molar-refractivity contribution < 1.29 is 13.2 Å². The molecule has 1 aliphatic carbocycles. The minimum absolute atomic E-state index is 0.0900. The average Bonchev–Trinajstić information content (AvgIpc) is 2.80. The molecule has 1 N–H and O–H groups in total. The Morgan fingerprint density at radius 1 is 1.06 bits per heavy atom. The van der Waals surface area contributed by atoms with Gasteiger partial charge in [0.1, 0.15) is 5.82 Å². The van der Waals surface area contributed by atoms with Crippen LogP contribution in [0.25, 0.3) is 0 Å². The number of aromatic nitrogens is 1. The Morgan fingerprint density at radius 3 is 2.55 bits per heavy atom. The minimum atomic E-state index is -3.27. The summed E-state index contributed by atoms with van der Waals surface area (Å²) in [4.78, 5) is 6.73. The van der Waals surface area contributed by atoms with Crippen molar-refractivity contribution in [1.82, 2.24) is 9.71 Å². The molecule has 0 radical (unpaired) electrons. The van der Waals surface area contributed by atoms with E-state index in [1.165, 1.54) is 22.9 Å². The summed E-state index contributed by atoms with van der Waals surface area (Å²) in [6.07, 6.45) is 8.43. The quantitative estimate of drug-likeness (QED) is 0.656. The zero-order valence-electron chi connectivity index (χ0n) is 20.0. The van der Waals surface area contributed by atoms with Gasteiger partial charge >= 0.3 is 0 Å². The van der Waals surface area contributed by atoms with Gasteiger partial charge in [-0.3, -0.25) is 0 Å². The summed E-state index contributed by atoms with van der Waals surface area (Å²) < 4.78 is 33.2. The Morgan fingerprint density at radius 2 is 1.85 bits per heavy atom. The fraction of sp³-hybridized carbons (Fsp3) is 0.577. The number of aryl methyl sites for hydroxylation is 1. The molecule has 0 spiro atoms. The normalized spacial score (nSPS) is 26.3. The Bertz CT molecular complexity index is 1020. The number of nitrogens with one attached hydrogen (secondary N) is 1. The van der Waals surface area contributed by atoms with Crippen LogP contribution in [0.15, 0.2) is 42.6 Å². The zero-order valence-corrected chi connectivity index (χ0v) is 20.9. The molecule has 7 heteroatoms. The molecule has 2 aromatic rings. The van der Waals surface area contributed by atoms with Gasteiger partial charge in [0.15, 0.2) is 0 Å². The van der Waals surface area contributed by atoms with Crippen molar-refractivity contribution in [2.24, 2.45) is 5.92 Å². The van der Waals surface area contributed by atoms with Crippen molar-refractivity contribution in [1.29, 1.82) is 0 Å². The number of benzene rings is 1. The van der Waals surface area contributed by atoms with E-state index >= 15 is 0 Å². The average molecular weight is 472 g/mol. The maximum absolute atomic E-state index is 11.9. The van der Waals surface area contributed by atoms with Crippen LogP contribution in [0.3, 0.4) is 0 Å². The highest BCUT2D eigenvalue weighted by atomic mass is 32.2. The first-order valence-corrected chi connectivity index (χ1v) is 14.0. The van der Waals surface area contributed by atoms with E-state index in [1.54, 1.807) is 6.20 Å². The Labute approximate surface area is 198 Å². The predicted octanol–water partition coefficient (Wildman–Crippen LogP) is 4.19. The topological polar surface area (TPSA) is 71.5 Å². The summed E-state index contributed by atoms with van der Waals surface area (Å²) in [5.74, 6) is 1.64. The number of sulfonamides is 1. The molecule has 0 bridgehead atoms. The van der Waals surface area contributed by atoms with Crippen LogP contribution < -0.4 is 9.62 Å². The first-order valence-electron chi connectivity index (χ1n) is 12.1. The highest BCUT2D eigenvalue weighted by Crippen LogP contribution is 2.36. The van der Waals surface area contributed by atoms with Gasteiger partial charge in [0.05, 0.1) is 19.0 Å². The molecule has 1 aromatic heterocycles. The summed E-state index contributed by atoms with van der Waals surface area (Å²) in [7, 11) is -3.27. The van der Waals surface area contributed by atoms with Crippen LogP contribution in [0.2, 0.25) is 0 Å². The molecule has 2 unspecified atom stereocenters.